The van der Waals surface area contributed by atoms with Crippen molar-refractivity contribution in [1.29, 1.82) is 0 Å². The number of alkyl halides is 1. The maximum Gasteiger partial charge on any atom is 0.0951 e. The zero-order chi connectivity index (χ0) is 12.4. The van der Waals surface area contributed by atoms with E-state index >= 15 is 0 Å². The first-order chi connectivity index (χ1) is 8.86. The summed E-state index contributed by atoms with van der Waals surface area (Å²) in [4.78, 5) is 9.01. The summed E-state index contributed by atoms with van der Waals surface area (Å²) in [7, 11) is 0. The Morgan fingerprint density at radius 1 is 1.33 bits per heavy atom. The fraction of sp³-hybridized carbons (Fsp3) is 0.538. The van der Waals surface area contributed by atoms with Crippen LogP contribution in [0.3, 0.4) is 0 Å². The maximum absolute atomic E-state index is 5.76. The predicted octanol–water partition coefficient (Wildman–Crippen LogP) is 3.20. The minimum absolute atomic E-state index is 0.511. The monoisotopic (exact) mass is 281 g/mol. The van der Waals surface area contributed by atoms with E-state index in [9.17, 15) is 0 Å². The van der Waals surface area contributed by atoms with Crippen LogP contribution in [0.25, 0.3) is 0 Å². The van der Waals surface area contributed by atoms with Gasteiger partial charge >= 0.3 is 0 Å². The molecule has 2 aromatic heterocycles. The lowest BCUT2D eigenvalue weighted by Crippen LogP contribution is -2.09. The lowest BCUT2D eigenvalue weighted by atomic mass is 10.0. The summed E-state index contributed by atoms with van der Waals surface area (Å²) in [6.07, 6.45) is 7.88. The van der Waals surface area contributed by atoms with E-state index in [-0.39, 0.29) is 0 Å². The number of thiazole rings is 1. The second-order valence-corrected chi connectivity index (χ2v) is 5.86. The van der Waals surface area contributed by atoms with Crippen LogP contribution in [0.2, 0.25) is 0 Å². The maximum atomic E-state index is 5.76. The molecular weight excluding hydrogens is 266 g/mol. The van der Waals surface area contributed by atoms with Crippen molar-refractivity contribution in [3.8, 4) is 0 Å². The molecule has 1 aliphatic rings. The van der Waals surface area contributed by atoms with Gasteiger partial charge in [0.1, 0.15) is 0 Å². The Morgan fingerprint density at radius 2 is 2.22 bits per heavy atom. The quantitative estimate of drug-likeness (QED) is 0.806. The van der Waals surface area contributed by atoms with Gasteiger partial charge in [-0.25, -0.2) is 9.97 Å². The highest BCUT2D eigenvalue weighted by molar-refractivity contribution is 7.09. The third-order valence-electron chi connectivity index (χ3n) is 3.41. The highest BCUT2D eigenvalue weighted by atomic mass is 35.5. The molecule has 0 radical (unpaired) electrons. The second-order valence-electron chi connectivity index (χ2n) is 4.65. The Balaban J connectivity index is 1.67. The van der Waals surface area contributed by atoms with Gasteiger partial charge in [-0.3, -0.25) is 0 Å². The van der Waals surface area contributed by atoms with E-state index in [0.29, 0.717) is 5.88 Å². The number of imidazole rings is 1. The van der Waals surface area contributed by atoms with Crippen LogP contribution < -0.4 is 0 Å². The van der Waals surface area contributed by atoms with E-state index in [1.807, 2.05) is 11.7 Å². The fourth-order valence-corrected chi connectivity index (χ4v) is 3.48. The van der Waals surface area contributed by atoms with Crippen molar-refractivity contribution >= 4 is 22.9 Å². The molecule has 96 valence electrons. The van der Waals surface area contributed by atoms with Crippen molar-refractivity contribution in [3.63, 3.8) is 0 Å². The number of fused-ring (bicyclic) bond motifs is 1. The molecule has 5 heteroatoms. The molecule has 0 atom stereocenters. The Hall–Kier alpha value is -0.870. The number of hydrogen-bond acceptors (Lipinski definition) is 3. The number of aromatic nitrogens is 3. The summed E-state index contributed by atoms with van der Waals surface area (Å²) >= 11 is 7.47. The van der Waals surface area contributed by atoms with Crippen LogP contribution in [0, 0.1) is 0 Å². The van der Waals surface area contributed by atoms with E-state index in [1.165, 1.54) is 35.7 Å². The Labute approximate surface area is 116 Å². The van der Waals surface area contributed by atoms with Gasteiger partial charge in [0.05, 0.1) is 28.6 Å². The normalized spacial score (nSPS) is 14.7. The minimum atomic E-state index is 0.511. The first-order valence-corrected chi connectivity index (χ1v) is 7.80. The summed E-state index contributed by atoms with van der Waals surface area (Å²) in [5, 5.41) is 3.22. The molecule has 3 rings (SSSR count). The number of rotatable bonds is 4. The molecular formula is C13H16ClN3S. The molecule has 0 saturated heterocycles. The fourth-order valence-electron chi connectivity index (χ4n) is 2.46. The molecule has 0 spiro atoms. The third kappa shape index (κ3) is 2.45. The number of nitrogens with zero attached hydrogens (tertiary/aromatic N) is 3. The first kappa shape index (κ1) is 12.2. The lowest BCUT2D eigenvalue weighted by molar-refractivity contribution is 0.602. The van der Waals surface area contributed by atoms with Crippen LogP contribution >= 0.6 is 22.9 Å². The third-order valence-corrected chi connectivity index (χ3v) is 4.64. The van der Waals surface area contributed by atoms with E-state index in [2.05, 4.69) is 14.5 Å². The van der Waals surface area contributed by atoms with Gasteiger partial charge in [-0.15, -0.1) is 22.9 Å². The van der Waals surface area contributed by atoms with Crippen molar-refractivity contribution in [3.05, 3.63) is 33.8 Å². The van der Waals surface area contributed by atoms with Gasteiger partial charge in [0.15, 0.2) is 0 Å². The number of aryl methyl sites for hydroxylation is 3. The first-order valence-electron chi connectivity index (χ1n) is 6.39. The van der Waals surface area contributed by atoms with Crippen molar-refractivity contribution in [1.82, 2.24) is 14.5 Å². The molecule has 0 fully saturated rings. The van der Waals surface area contributed by atoms with Gasteiger partial charge in [-0.2, -0.15) is 0 Å². The summed E-state index contributed by atoms with van der Waals surface area (Å²) in [5.74, 6) is 0.511. The Kier molecular flexibility index (Phi) is 3.66. The molecule has 0 amide bonds. The summed E-state index contributed by atoms with van der Waals surface area (Å²) in [6, 6.07) is 0. The zero-order valence-corrected chi connectivity index (χ0v) is 11.8. The van der Waals surface area contributed by atoms with Gasteiger partial charge < -0.3 is 4.57 Å². The van der Waals surface area contributed by atoms with E-state index in [4.69, 9.17) is 11.6 Å². The van der Waals surface area contributed by atoms with E-state index in [0.717, 1.165) is 25.1 Å². The highest BCUT2D eigenvalue weighted by Crippen LogP contribution is 2.20. The predicted molar refractivity (Wildman–Crippen MR) is 74.2 cm³/mol. The number of hydrogen-bond donors (Lipinski definition) is 0. The molecule has 0 saturated carbocycles. The smallest absolute Gasteiger partial charge is 0.0951 e. The Bertz CT molecular complexity index is 532. The van der Waals surface area contributed by atoms with Gasteiger partial charge in [0, 0.05) is 24.0 Å². The minimum Gasteiger partial charge on any atom is -0.334 e. The molecule has 3 nitrogen and oxygen atoms in total. The van der Waals surface area contributed by atoms with Crippen LogP contribution in [-0.2, 0) is 31.7 Å². The van der Waals surface area contributed by atoms with Crippen molar-refractivity contribution in [2.75, 3.05) is 0 Å². The molecule has 0 aromatic carbocycles. The van der Waals surface area contributed by atoms with Crippen LogP contribution in [0.15, 0.2) is 11.7 Å². The van der Waals surface area contributed by atoms with Crippen LogP contribution in [0.5, 0.6) is 0 Å². The van der Waals surface area contributed by atoms with E-state index in [1.54, 1.807) is 11.3 Å². The molecule has 0 N–H and O–H groups in total. The molecule has 2 aromatic rings. The van der Waals surface area contributed by atoms with Crippen LogP contribution in [0.1, 0.15) is 34.9 Å². The summed E-state index contributed by atoms with van der Waals surface area (Å²) < 4.78 is 2.30. The topological polar surface area (TPSA) is 30.7 Å². The average molecular weight is 282 g/mol. The molecule has 0 aliphatic heterocycles. The molecule has 0 unspecified atom stereocenters. The van der Waals surface area contributed by atoms with E-state index < -0.39 is 0 Å². The summed E-state index contributed by atoms with van der Waals surface area (Å²) in [5.41, 5.74) is 3.74. The molecule has 1 aliphatic carbocycles. The van der Waals surface area contributed by atoms with Crippen molar-refractivity contribution < 1.29 is 0 Å². The van der Waals surface area contributed by atoms with Gasteiger partial charge in [-0.1, -0.05) is 0 Å². The van der Waals surface area contributed by atoms with Crippen molar-refractivity contribution in [2.45, 2.75) is 44.5 Å². The van der Waals surface area contributed by atoms with Gasteiger partial charge in [0.25, 0.3) is 0 Å². The largest absolute Gasteiger partial charge is 0.334 e. The second kappa shape index (κ2) is 5.41. The van der Waals surface area contributed by atoms with Crippen molar-refractivity contribution in [2.24, 2.45) is 0 Å². The highest BCUT2D eigenvalue weighted by Gasteiger charge is 2.15. The molecule has 2 heterocycles. The van der Waals surface area contributed by atoms with Crippen LogP contribution in [-0.4, -0.2) is 14.5 Å². The molecule has 18 heavy (non-hydrogen) atoms. The van der Waals surface area contributed by atoms with Crippen LogP contribution in [0.4, 0.5) is 0 Å². The standard InChI is InChI=1S/C13H16ClN3S/c14-7-10-8-18-13(16-10)5-6-17-9-15-11-3-1-2-4-12(11)17/h8-9H,1-7H2. The van der Waals surface area contributed by atoms with Gasteiger partial charge in [0.2, 0.25) is 0 Å². The van der Waals surface area contributed by atoms with Gasteiger partial charge in [-0.05, 0) is 25.7 Å². The lowest BCUT2D eigenvalue weighted by Gasteiger charge is -2.13. The zero-order valence-electron chi connectivity index (χ0n) is 10.2. The molecule has 0 bridgehead atoms. The number of halogens is 1. The Morgan fingerprint density at radius 3 is 3.06 bits per heavy atom. The SMILES string of the molecule is ClCc1csc(CCn2cnc3c2CCCC3)n1. The average Bonchev–Trinajstić information content (AvgIpc) is 3.03. The summed E-state index contributed by atoms with van der Waals surface area (Å²) in [6.45, 7) is 0.984.